The van der Waals surface area contributed by atoms with E-state index >= 15 is 0 Å². The maximum atomic E-state index is 5.41. The van der Waals surface area contributed by atoms with Crippen molar-refractivity contribution in [1.82, 2.24) is 10.3 Å². The molecule has 94 valence electrons. The first-order chi connectivity index (χ1) is 8.76. The number of ether oxygens (including phenoxy) is 1. The molecule has 0 aliphatic rings. The van der Waals surface area contributed by atoms with Crippen LogP contribution in [0, 0.1) is 6.92 Å². The molecule has 0 spiro atoms. The van der Waals surface area contributed by atoms with E-state index in [0.29, 0.717) is 0 Å². The Bertz CT molecular complexity index is 525. The highest BCUT2D eigenvalue weighted by molar-refractivity contribution is 5.40. The minimum Gasteiger partial charge on any atom is -0.496 e. The number of nitrogens with one attached hydrogen (secondary N) is 1. The van der Waals surface area contributed by atoms with Crippen molar-refractivity contribution in [3.05, 3.63) is 59.4 Å². The molecule has 0 amide bonds. The fourth-order valence-electron chi connectivity index (χ4n) is 2.09. The Morgan fingerprint density at radius 2 is 2.00 bits per heavy atom. The van der Waals surface area contributed by atoms with Crippen LogP contribution in [0.3, 0.4) is 0 Å². The number of hydrogen-bond acceptors (Lipinski definition) is 3. The van der Waals surface area contributed by atoms with E-state index < -0.39 is 0 Å². The van der Waals surface area contributed by atoms with E-state index in [2.05, 4.69) is 29.4 Å². The number of hydrogen-bond donors (Lipinski definition) is 1. The van der Waals surface area contributed by atoms with Crippen molar-refractivity contribution in [3.8, 4) is 5.75 Å². The van der Waals surface area contributed by atoms with Crippen molar-refractivity contribution in [2.75, 3.05) is 14.2 Å². The van der Waals surface area contributed by atoms with E-state index in [1.54, 1.807) is 7.11 Å². The van der Waals surface area contributed by atoms with Crippen LogP contribution in [0.25, 0.3) is 0 Å². The smallest absolute Gasteiger partial charge is 0.124 e. The summed E-state index contributed by atoms with van der Waals surface area (Å²) in [6.45, 7) is 2.07. The summed E-state index contributed by atoms with van der Waals surface area (Å²) in [7, 11) is 3.62. The van der Waals surface area contributed by atoms with Gasteiger partial charge in [-0.15, -0.1) is 0 Å². The van der Waals surface area contributed by atoms with Gasteiger partial charge in [0.15, 0.2) is 0 Å². The van der Waals surface area contributed by atoms with Gasteiger partial charge in [-0.3, -0.25) is 4.98 Å². The summed E-state index contributed by atoms with van der Waals surface area (Å²) in [5.74, 6) is 0.875. The van der Waals surface area contributed by atoms with Crippen LogP contribution in [0.5, 0.6) is 5.75 Å². The molecule has 0 saturated heterocycles. The third kappa shape index (κ3) is 2.51. The van der Waals surface area contributed by atoms with Crippen LogP contribution in [-0.4, -0.2) is 19.1 Å². The molecule has 0 radical (unpaired) electrons. The molecule has 18 heavy (non-hydrogen) atoms. The van der Waals surface area contributed by atoms with Gasteiger partial charge < -0.3 is 10.1 Å². The summed E-state index contributed by atoms with van der Waals surface area (Å²) in [5, 5.41) is 3.29. The fraction of sp³-hybridized carbons (Fsp3) is 0.267. The molecule has 1 atom stereocenters. The van der Waals surface area contributed by atoms with Crippen LogP contribution in [0.2, 0.25) is 0 Å². The molecule has 1 unspecified atom stereocenters. The summed E-state index contributed by atoms with van der Waals surface area (Å²) in [6.07, 6.45) is 1.84. The van der Waals surface area contributed by atoms with E-state index in [0.717, 1.165) is 17.0 Å². The third-order valence-corrected chi connectivity index (χ3v) is 2.97. The number of nitrogens with zero attached hydrogens (tertiary/aromatic N) is 1. The number of para-hydroxylation sites is 1. The Balaban J connectivity index is 2.45. The lowest BCUT2D eigenvalue weighted by Gasteiger charge is -2.19. The van der Waals surface area contributed by atoms with Gasteiger partial charge in [0.2, 0.25) is 0 Å². The van der Waals surface area contributed by atoms with Crippen LogP contribution in [-0.2, 0) is 0 Å². The lowest BCUT2D eigenvalue weighted by molar-refractivity contribution is 0.405. The Morgan fingerprint density at radius 1 is 1.22 bits per heavy atom. The molecule has 1 N–H and O–H groups in total. The first kappa shape index (κ1) is 12.6. The summed E-state index contributed by atoms with van der Waals surface area (Å²) in [4.78, 5) is 4.44. The number of benzene rings is 1. The molecule has 3 nitrogen and oxygen atoms in total. The first-order valence-corrected chi connectivity index (χ1v) is 5.99. The maximum absolute atomic E-state index is 5.41. The zero-order valence-electron chi connectivity index (χ0n) is 11.0. The Hall–Kier alpha value is -1.87. The molecule has 2 aromatic rings. The lowest BCUT2D eigenvalue weighted by atomic mass is 10.0. The lowest BCUT2D eigenvalue weighted by Crippen LogP contribution is -2.19. The molecule has 0 aliphatic carbocycles. The number of methoxy groups -OCH3 is 1. The molecule has 1 aromatic carbocycles. The topological polar surface area (TPSA) is 34.2 Å². The third-order valence-electron chi connectivity index (χ3n) is 2.97. The van der Waals surface area contributed by atoms with Crippen molar-refractivity contribution < 1.29 is 4.74 Å². The number of aryl methyl sites for hydroxylation is 1. The van der Waals surface area contributed by atoms with Crippen LogP contribution < -0.4 is 10.1 Å². The van der Waals surface area contributed by atoms with Crippen molar-refractivity contribution in [3.63, 3.8) is 0 Å². The van der Waals surface area contributed by atoms with Crippen LogP contribution in [0.15, 0.2) is 42.6 Å². The summed E-state index contributed by atoms with van der Waals surface area (Å²) >= 11 is 0. The van der Waals surface area contributed by atoms with Crippen LogP contribution >= 0.6 is 0 Å². The summed E-state index contributed by atoms with van der Waals surface area (Å²) in [6, 6.07) is 12.1. The predicted molar refractivity (Wildman–Crippen MR) is 72.9 cm³/mol. The maximum Gasteiger partial charge on any atom is 0.124 e. The minimum atomic E-state index is 0.0426. The molecule has 3 heteroatoms. The van der Waals surface area contributed by atoms with E-state index in [1.807, 2.05) is 37.5 Å². The second kappa shape index (κ2) is 5.65. The zero-order valence-corrected chi connectivity index (χ0v) is 11.0. The largest absolute Gasteiger partial charge is 0.496 e. The average Bonchev–Trinajstić information content (AvgIpc) is 2.40. The molecular formula is C15H18N2O. The SMILES string of the molecule is CNC(c1cc(C)ccn1)c1ccccc1OC. The van der Waals surface area contributed by atoms with Crippen LogP contribution in [0.1, 0.15) is 22.9 Å². The van der Waals surface area contributed by atoms with Crippen molar-refractivity contribution in [1.29, 1.82) is 0 Å². The highest BCUT2D eigenvalue weighted by Gasteiger charge is 2.17. The van der Waals surface area contributed by atoms with Gasteiger partial charge in [-0.05, 0) is 37.7 Å². The van der Waals surface area contributed by atoms with Gasteiger partial charge in [-0.25, -0.2) is 0 Å². The van der Waals surface area contributed by atoms with Crippen molar-refractivity contribution >= 4 is 0 Å². The van der Waals surface area contributed by atoms with Crippen LogP contribution in [0.4, 0.5) is 0 Å². The van der Waals surface area contributed by atoms with E-state index in [1.165, 1.54) is 5.56 Å². The second-order valence-corrected chi connectivity index (χ2v) is 4.22. The first-order valence-electron chi connectivity index (χ1n) is 5.99. The fourth-order valence-corrected chi connectivity index (χ4v) is 2.09. The highest BCUT2D eigenvalue weighted by atomic mass is 16.5. The minimum absolute atomic E-state index is 0.0426. The number of aromatic nitrogens is 1. The van der Waals surface area contributed by atoms with Crippen molar-refractivity contribution in [2.24, 2.45) is 0 Å². The highest BCUT2D eigenvalue weighted by Crippen LogP contribution is 2.28. The Morgan fingerprint density at radius 3 is 2.67 bits per heavy atom. The van der Waals surface area contributed by atoms with Gasteiger partial charge in [0.05, 0.1) is 18.8 Å². The standard InChI is InChI=1S/C15H18N2O/c1-11-8-9-17-13(10-11)15(16-2)12-6-4-5-7-14(12)18-3/h4-10,15-16H,1-3H3. The normalized spacial score (nSPS) is 12.2. The van der Waals surface area contributed by atoms with Gasteiger partial charge >= 0.3 is 0 Å². The van der Waals surface area contributed by atoms with E-state index in [-0.39, 0.29) is 6.04 Å². The molecule has 0 aliphatic heterocycles. The quantitative estimate of drug-likeness (QED) is 0.895. The van der Waals surface area contributed by atoms with Gasteiger partial charge in [0, 0.05) is 11.8 Å². The summed E-state index contributed by atoms with van der Waals surface area (Å²) < 4.78 is 5.41. The zero-order chi connectivity index (χ0) is 13.0. The molecule has 0 bridgehead atoms. The monoisotopic (exact) mass is 242 g/mol. The molecule has 2 rings (SSSR count). The predicted octanol–water partition coefficient (Wildman–Crippen LogP) is 2.71. The van der Waals surface area contributed by atoms with Gasteiger partial charge in [-0.2, -0.15) is 0 Å². The van der Waals surface area contributed by atoms with Crippen molar-refractivity contribution in [2.45, 2.75) is 13.0 Å². The molecule has 1 heterocycles. The van der Waals surface area contributed by atoms with E-state index in [4.69, 9.17) is 4.74 Å². The molecule has 1 aromatic heterocycles. The molecular weight excluding hydrogens is 224 g/mol. The number of rotatable bonds is 4. The van der Waals surface area contributed by atoms with Gasteiger partial charge in [0.25, 0.3) is 0 Å². The summed E-state index contributed by atoms with van der Waals surface area (Å²) in [5.41, 5.74) is 3.30. The Kier molecular flexibility index (Phi) is 3.95. The molecule has 0 fully saturated rings. The number of pyridine rings is 1. The van der Waals surface area contributed by atoms with Gasteiger partial charge in [-0.1, -0.05) is 18.2 Å². The average molecular weight is 242 g/mol. The van der Waals surface area contributed by atoms with Gasteiger partial charge in [0.1, 0.15) is 5.75 Å². The molecule has 0 saturated carbocycles. The van der Waals surface area contributed by atoms with E-state index in [9.17, 15) is 0 Å². The Labute approximate surface area is 108 Å². The second-order valence-electron chi connectivity index (χ2n) is 4.22.